The second-order valence-electron chi connectivity index (χ2n) is 7.89. The first-order valence-corrected chi connectivity index (χ1v) is 10.7. The maximum Gasteiger partial charge on any atom is 0.231 e. The number of nitrogens with zero attached hydrogens (tertiary/aromatic N) is 5. The van der Waals surface area contributed by atoms with Crippen molar-refractivity contribution in [2.45, 2.75) is 6.42 Å². The van der Waals surface area contributed by atoms with E-state index < -0.39 is 5.92 Å². The maximum absolute atomic E-state index is 13.1. The van der Waals surface area contributed by atoms with Gasteiger partial charge in [-0.3, -0.25) is 9.59 Å². The van der Waals surface area contributed by atoms with Crippen molar-refractivity contribution < 1.29 is 14.3 Å². The molecule has 3 heterocycles. The van der Waals surface area contributed by atoms with E-state index in [-0.39, 0.29) is 36.2 Å². The molecule has 2 amide bonds. The second kappa shape index (κ2) is 8.67. The molecule has 4 aromatic rings. The third kappa shape index (κ3) is 3.82. The van der Waals surface area contributed by atoms with Gasteiger partial charge in [-0.25, -0.2) is 4.98 Å². The average Bonchev–Trinajstić information content (AvgIpc) is 3.47. The first kappa shape index (κ1) is 21.2. The molecule has 1 unspecified atom stereocenters. The lowest BCUT2D eigenvalue weighted by molar-refractivity contribution is -0.122. The van der Waals surface area contributed by atoms with E-state index in [1.54, 1.807) is 42.3 Å². The van der Waals surface area contributed by atoms with Gasteiger partial charge in [0, 0.05) is 24.0 Å². The molecule has 2 aromatic heterocycles. The number of nitrogens with one attached hydrogen (secondary N) is 1. The van der Waals surface area contributed by atoms with Crippen molar-refractivity contribution in [1.29, 1.82) is 5.26 Å². The van der Waals surface area contributed by atoms with E-state index >= 15 is 0 Å². The molecule has 168 valence electrons. The predicted octanol–water partition coefficient (Wildman–Crippen LogP) is 3.29. The Morgan fingerprint density at radius 3 is 2.71 bits per heavy atom. The zero-order valence-corrected chi connectivity index (χ0v) is 18.3. The Labute approximate surface area is 195 Å². The molecule has 1 N–H and O–H groups in total. The van der Waals surface area contributed by atoms with Crippen LogP contribution in [0.15, 0.2) is 66.9 Å². The van der Waals surface area contributed by atoms with E-state index in [1.165, 1.54) is 10.9 Å². The molecule has 1 saturated heterocycles. The van der Waals surface area contributed by atoms with Crippen LogP contribution in [0.2, 0.25) is 0 Å². The number of hydrogen-bond donors (Lipinski definition) is 1. The molecule has 1 atom stereocenters. The minimum absolute atomic E-state index is 0.0715. The van der Waals surface area contributed by atoms with Gasteiger partial charge in [0.15, 0.2) is 11.6 Å². The summed E-state index contributed by atoms with van der Waals surface area (Å²) < 4.78 is 6.59. The number of aromatic nitrogens is 3. The summed E-state index contributed by atoms with van der Waals surface area (Å²) >= 11 is 0. The molecule has 34 heavy (non-hydrogen) atoms. The number of benzene rings is 2. The third-order valence-corrected chi connectivity index (χ3v) is 5.81. The van der Waals surface area contributed by atoms with Crippen molar-refractivity contribution >= 4 is 34.2 Å². The van der Waals surface area contributed by atoms with Gasteiger partial charge in [-0.05, 0) is 42.5 Å². The summed E-state index contributed by atoms with van der Waals surface area (Å²) in [5, 5.41) is 17.6. The van der Waals surface area contributed by atoms with Crippen LogP contribution in [0.1, 0.15) is 12.0 Å². The highest BCUT2D eigenvalue weighted by Gasteiger charge is 2.36. The highest BCUT2D eigenvalue weighted by molar-refractivity contribution is 6.03. The van der Waals surface area contributed by atoms with Gasteiger partial charge >= 0.3 is 0 Å². The van der Waals surface area contributed by atoms with Crippen molar-refractivity contribution in [3.8, 4) is 17.6 Å². The Balaban J connectivity index is 1.39. The van der Waals surface area contributed by atoms with Crippen LogP contribution in [-0.2, 0) is 9.59 Å². The fourth-order valence-electron chi connectivity index (χ4n) is 4.01. The highest BCUT2D eigenvalue weighted by Crippen LogP contribution is 2.28. The summed E-state index contributed by atoms with van der Waals surface area (Å²) in [5.41, 5.74) is 1.67. The Hall–Kier alpha value is -4.71. The largest absolute Gasteiger partial charge is 0.497 e. The topological polar surface area (TPSA) is 113 Å². The van der Waals surface area contributed by atoms with Gasteiger partial charge in [-0.15, -0.1) is 0 Å². The molecular weight excluding hydrogens is 432 g/mol. The first-order valence-electron chi connectivity index (χ1n) is 10.7. The molecular formula is C25H20N6O3. The lowest BCUT2D eigenvalue weighted by atomic mass is 10.1. The van der Waals surface area contributed by atoms with Crippen molar-refractivity contribution in [3.05, 3.63) is 72.4 Å². The number of carbonyl (C=O) groups excluding carboxylic acids is 2. The highest BCUT2D eigenvalue weighted by atomic mass is 16.5. The Bertz CT molecular complexity index is 1440. The fraction of sp³-hybridized carbons (Fsp3) is 0.160. The minimum atomic E-state index is -0.575. The number of para-hydroxylation sites is 1. The van der Waals surface area contributed by atoms with E-state index in [0.29, 0.717) is 17.3 Å². The fourth-order valence-corrected chi connectivity index (χ4v) is 4.01. The van der Waals surface area contributed by atoms with E-state index in [2.05, 4.69) is 21.5 Å². The van der Waals surface area contributed by atoms with E-state index in [4.69, 9.17) is 4.74 Å². The average molecular weight is 452 g/mol. The van der Waals surface area contributed by atoms with Crippen molar-refractivity contribution in [3.63, 3.8) is 0 Å². The van der Waals surface area contributed by atoms with Gasteiger partial charge < -0.3 is 15.0 Å². The van der Waals surface area contributed by atoms with Gasteiger partial charge in [0.2, 0.25) is 11.8 Å². The van der Waals surface area contributed by atoms with Gasteiger partial charge in [-0.2, -0.15) is 15.0 Å². The molecule has 0 aliphatic carbocycles. The zero-order valence-electron chi connectivity index (χ0n) is 18.3. The van der Waals surface area contributed by atoms with Crippen molar-refractivity contribution in [1.82, 2.24) is 14.8 Å². The molecule has 0 bridgehead atoms. The summed E-state index contributed by atoms with van der Waals surface area (Å²) in [6.45, 7) is 0.237. The molecule has 5 rings (SSSR count). The third-order valence-electron chi connectivity index (χ3n) is 5.81. The zero-order chi connectivity index (χ0) is 23.7. The molecule has 1 aliphatic rings. The number of fused-ring (bicyclic) bond motifs is 1. The number of nitriles is 1. The summed E-state index contributed by atoms with van der Waals surface area (Å²) in [5.74, 6) is 0.306. The molecule has 0 spiro atoms. The normalized spacial score (nSPS) is 15.4. The van der Waals surface area contributed by atoms with Gasteiger partial charge in [-0.1, -0.05) is 18.2 Å². The Kier molecular flexibility index (Phi) is 5.40. The van der Waals surface area contributed by atoms with Gasteiger partial charge in [0.1, 0.15) is 17.4 Å². The van der Waals surface area contributed by atoms with E-state index in [1.807, 2.05) is 30.3 Å². The van der Waals surface area contributed by atoms with E-state index in [9.17, 15) is 14.9 Å². The van der Waals surface area contributed by atoms with Crippen molar-refractivity contribution in [2.75, 3.05) is 23.9 Å². The predicted molar refractivity (Wildman–Crippen MR) is 126 cm³/mol. The Morgan fingerprint density at radius 2 is 1.94 bits per heavy atom. The monoisotopic (exact) mass is 452 g/mol. The van der Waals surface area contributed by atoms with Crippen LogP contribution in [-0.4, -0.2) is 40.2 Å². The Morgan fingerprint density at radius 1 is 1.15 bits per heavy atom. The molecule has 0 radical (unpaired) electrons. The number of amides is 2. The molecule has 9 heteroatoms. The van der Waals surface area contributed by atoms with Crippen LogP contribution in [0.25, 0.3) is 16.7 Å². The number of carbonyl (C=O) groups is 2. The van der Waals surface area contributed by atoms with Crippen LogP contribution in [0, 0.1) is 17.2 Å². The quantitative estimate of drug-likeness (QED) is 0.497. The second-order valence-corrected chi connectivity index (χ2v) is 7.89. The number of rotatable bonds is 5. The standard InChI is InChI=1S/C25H20N6O3/c1-34-20-9-7-19(8-10-20)30-15-17(12-23(30)32)25(33)29-24-18(13-26)14-27-31(24)22-11-6-16-4-2-3-5-21(16)28-22/h2-11,14,17H,12,15H2,1H3,(H,29,33). The number of methoxy groups -OCH3 is 1. The molecule has 9 nitrogen and oxygen atoms in total. The van der Waals surface area contributed by atoms with Gasteiger partial charge in [0.05, 0.1) is 24.7 Å². The van der Waals surface area contributed by atoms with Crippen LogP contribution in [0.3, 0.4) is 0 Å². The summed E-state index contributed by atoms with van der Waals surface area (Å²) in [6.07, 6.45) is 1.46. The van der Waals surface area contributed by atoms with Crippen LogP contribution in [0.4, 0.5) is 11.5 Å². The molecule has 0 saturated carbocycles. The van der Waals surface area contributed by atoms with Crippen LogP contribution >= 0.6 is 0 Å². The summed E-state index contributed by atoms with van der Waals surface area (Å²) in [6, 6.07) is 20.5. The number of ether oxygens (including phenoxy) is 1. The molecule has 1 fully saturated rings. The number of anilines is 2. The van der Waals surface area contributed by atoms with Gasteiger partial charge in [0.25, 0.3) is 0 Å². The maximum atomic E-state index is 13.1. The SMILES string of the molecule is COc1ccc(N2CC(C(=O)Nc3c(C#N)cnn3-c3ccc4ccccc4n3)CC2=O)cc1. The minimum Gasteiger partial charge on any atom is -0.497 e. The smallest absolute Gasteiger partial charge is 0.231 e. The number of hydrogen-bond acceptors (Lipinski definition) is 6. The lowest BCUT2D eigenvalue weighted by Gasteiger charge is -2.17. The number of pyridine rings is 1. The summed E-state index contributed by atoms with van der Waals surface area (Å²) in [4.78, 5) is 31.9. The van der Waals surface area contributed by atoms with Crippen molar-refractivity contribution in [2.24, 2.45) is 5.92 Å². The molecule has 2 aromatic carbocycles. The van der Waals surface area contributed by atoms with Crippen LogP contribution < -0.4 is 15.0 Å². The van der Waals surface area contributed by atoms with E-state index in [0.717, 1.165) is 10.9 Å². The molecule has 1 aliphatic heterocycles. The van der Waals surface area contributed by atoms with Crippen LogP contribution in [0.5, 0.6) is 5.75 Å². The first-order chi connectivity index (χ1) is 16.6. The summed E-state index contributed by atoms with van der Waals surface area (Å²) in [7, 11) is 1.57. The lowest BCUT2D eigenvalue weighted by Crippen LogP contribution is -2.28.